The molecule has 0 fully saturated rings. The highest BCUT2D eigenvalue weighted by Gasteiger charge is 2.07. The first kappa shape index (κ1) is 9.41. The van der Waals surface area contributed by atoms with Crippen molar-refractivity contribution in [2.24, 2.45) is 5.73 Å². The summed E-state index contributed by atoms with van der Waals surface area (Å²) in [4.78, 5) is 14.9. The van der Waals surface area contributed by atoms with Gasteiger partial charge in [0.1, 0.15) is 11.8 Å². The molecule has 0 aliphatic heterocycles. The number of aromatic amines is 1. The largest absolute Gasteiger partial charge is 0.382 e. The number of nitrogen functional groups attached to an aromatic ring is 1. The molecule has 6 N–H and O–H groups in total. The van der Waals surface area contributed by atoms with Gasteiger partial charge in [0.2, 0.25) is 5.95 Å². The molecule has 0 aromatic carbocycles. The Labute approximate surface area is 85.6 Å². The predicted molar refractivity (Wildman–Crippen MR) is 57.9 cm³/mol. The minimum Gasteiger partial charge on any atom is -0.382 e. The van der Waals surface area contributed by atoms with Gasteiger partial charge in [-0.3, -0.25) is 0 Å². The highest BCUT2D eigenvalue weighted by Crippen LogP contribution is 2.15. The first-order valence-electron chi connectivity index (χ1n) is 4.31. The Hall–Kier alpha value is -2.15. The summed E-state index contributed by atoms with van der Waals surface area (Å²) in [5.74, 6) is 0.845. The smallest absolute Gasteiger partial charge is 0.204 e. The molecule has 2 rings (SSSR count). The highest BCUT2D eigenvalue weighted by molar-refractivity contribution is 5.82. The molecule has 1 atom stereocenters. The van der Waals surface area contributed by atoms with Gasteiger partial charge in [-0.25, -0.2) is 9.97 Å². The second kappa shape index (κ2) is 3.54. The monoisotopic (exact) mass is 205 g/mol. The van der Waals surface area contributed by atoms with Gasteiger partial charge in [0, 0.05) is 0 Å². The minimum atomic E-state index is -0.375. The zero-order valence-electron chi connectivity index (χ0n) is 7.94. The number of anilines is 2. The molecule has 0 spiro atoms. The summed E-state index contributed by atoms with van der Waals surface area (Å²) in [6.07, 6.45) is 2.54. The van der Waals surface area contributed by atoms with Crippen molar-refractivity contribution < 1.29 is 0 Å². The van der Waals surface area contributed by atoms with Crippen LogP contribution in [0.15, 0.2) is 19.0 Å². The predicted octanol–water partition coefficient (Wildman–Crippen LogP) is -0.182. The van der Waals surface area contributed by atoms with Crippen LogP contribution in [0.2, 0.25) is 0 Å². The maximum Gasteiger partial charge on any atom is 0.204 e. The van der Waals surface area contributed by atoms with E-state index in [1.54, 1.807) is 6.08 Å². The van der Waals surface area contributed by atoms with E-state index in [1.807, 2.05) is 0 Å². The number of nitrogens with two attached hydrogens (primary N) is 2. The number of rotatable bonds is 3. The molecule has 0 saturated carbocycles. The summed E-state index contributed by atoms with van der Waals surface area (Å²) in [6.45, 7) is 3.55. The number of hydrogen-bond acceptors (Lipinski definition) is 6. The molecule has 1 unspecified atom stereocenters. The van der Waals surface area contributed by atoms with Crippen LogP contribution in [0.5, 0.6) is 0 Å². The molecule has 0 bridgehead atoms. The lowest BCUT2D eigenvalue weighted by molar-refractivity contribution is 0.925. The SMILES string of the molecule is C=CC(N)Nc1nc2ncnc(N)c2[nH]1. The van der Waals surface area contributed by atoms with E-state index in [1.165, 1.54) is 6.33 Å². The van der Waals surface area contributed by atoms with Crippen molar-refractivity contribution in [1.29, 1.82) is 0 Å². The van der Waals surface area contributed by atoms with Crippen molar-refractivity contribution in [2.75, 3.05) is 11.1 Å². The van der Waals surface area contributed by atoms with E-state index in [-0.39, 0.29) is 6.17 Å². The number of nitrogens with zero attached hydrogens (tertiary/aromatic N) is 3. The fourth-order valence-electron chi connectivity index (χ4n) is 1.13. The van der Waals surface area contributed by atoms with Crippen LogP contribution < -0.4 is 16.8 Å². The summed E-state index contributed by atoms with van der Waals surface area (Å²) in [7, 11) is 0. The van der Waals surface area contributed by atoms with Crippen molar-refractivity contribution >= 4 is 22.9 Å². The van der Waals surface area contributed by atoms with Gasteiger partial charge in [0.05, 0.1) is 6.17 Å². The molecule has 0 radical (unpaired) electrons. The van der Waals surface area contributed by atoms with E-state index in [0.717, 1.165) is 0 Å². The van der Waals surface area contributed by atoms with Crippen molar-refractivity contribution in [2.45, 2.75) is 6.17 Å². The average molecular weight is 205 g/mol. The van der Waals surface area contributed by atoms with Crippen LogP contribution >= 0.6 is 0 Å². The molecule has 7 heteroatoms. The molecule has 0 amide bonds. The standard InChI is InChI=1S/C8H11N7/c1-2-4(9)13-8-14-5-6(10)11-3-12-7(5)15-8/h2-4H,1,9H2,(H4,10,11,12,13,14,15). The summed E-state index contributed by atoms with van der Waals surface area (Å²) in [6, 6.07) is 0. The van der Waals surface area contributed by atoms with Crippen molar-refractivity contribution in [3.05, 3.63) is 19.0 Å². The zero-order chi connectivity index (χ0) is 10.8. The van der Waals surface area contributed by atoms with Crippen molar-refractivity contribution in [1.82, 2.24) is 19.9 Å². The lowest BCUT2D eigenvalue weighted by Crippen LogP contribution is -2.27. The van der Waals surface area contributed by atoms with Crippen LogP contribution in [0.3, 0.4) is 0 Å². The Bertz CT molecular complexity index is 489. The van der Waals surface area contributed by atoms with Gasteiger partial charge in [-0.2, -0.15) is 4.98 Å². The van der Waals surface area contributed by atoms with Crippen LogP contribution in [0.4, 0.5) is 11.8 Å². The van der Waals surface area contributed by atoms with Crippen molar-refractivity contribution in [3.8, 4) is 0 Å². The lowest BCUT2D eigenvalue weighted by atomic mass is 10.5. The third-order valence-electron chi connectivity index (χ3n) is 1.88. The van der Waals surface area contributed by atoms with E-state index in [2.05, 4.69) is 31.8 Å². The second-order valence-electron chi connectivity index (χ2n) is 2.95. The summed E-state index contributed by atoms with van der Waals surface area (Å²) < 4.78 is 0. The fraction of sp³-hybridized carbons (Fsp3) is 0.125. The van der Waals surface area contributed by atoms with E-state index in [0.29, 0.717) is 22.9 Å². The number of fused-ring (bicyclic) bond motifs is 1. The van der Waals surface area contributed by atoms with E-state index in [4.69, 9.17) is 11.5 Å². The molecule has 7 nitrogen and oxygen atoms in total. The van der Waals surface area contributed by atoms with Crippen LogP contribution in [0.1, 0.15) is 0 Å². The Morgan fingerprint density at radius 1 is 1.53 bits per heavy atom. The Balaban J connectivity index is 2.39. The van der Waals surface area contributed by atoms with Crippen molar-refractivity contribution in [3.63, 3.8) is 0 Å². The van der Waals surface area contributed by atoms with Gasteiger partial charge in [-0.1, -0.05) is 12.7 Å². The van der Waals surface area contributed by atoms with E-state index < -0.39 is 0 Å². The normalized spacial score (nSPS) is 12.6. The molecule has 15 heavy (non-hydrogen) atoms. The molecule has 2 aromatic heterocycles. The number of hydrogen-bond donors (Lipinski definition) is 4. The molecule has 0 aliphatic carbocycles. The van der Waals surface area contributed by atoms with Gasteiger partial charge in [0.25, 0.3) is 0 Å². The third-order valence-corrected chi connectivity index (χ3v) is 1.88. The number of aromatic nitrogens is 4. The van der Waals surface area contributed by atoms with Gasteiger partial charge in [-0.15, -0.1) is 0 Å². The lowest BCUT2D eigenvalue weighted by Gasteiger charge is -2.05. The Morgan fingerprint density at radius 2 is 2.33 bits per heavy atom. The van der Waals surface area contributed by atoms with Gasteiger partial charge >= 0.3 is 0 Å². The first-order valence-corrected chi connectivity index (χ1v) is 4.31. The van der Waals surface area contributed by atoms with E-state index in [9.17, 15) is 0 Å². The molecule has 78 valence electrons. The Morgan fingerprint density at radius 3 is 3.00 bits per heavy atom. The Kier molecular flexibility index (Phi) is 2.22. The summed E-state index contributed by atoms with van der Waals surface area (Å²) >= 11 is 0. The second-order valence-corrected chi connectivity index (χ2v) is 2.95. The highest BCUT2D eigenvalue weighted by atomic mass is 15.2. The number of H-pyrrole nitrogens is 1. The number of imidazole rings is 1. The average Bonchev–Trinajstić information content (AvgIpc) is 2.62. The summed E-state index contributed by atoms with van der Waals surface area (Å²) in [5.41, 5.74) is 12.3. The zero-order valence-corrected chi connectivity index (χ0v) is 7.94. The fourth-order valence-corrected chi connectivity index (χ4v) is 1.13. The number of nitrogens with one attached hydrogen (secondary N) is 2. The van der Waals surface area contributed by atoms with E-state index >= 15 is 0 Å². The maximum absolute atomic E-state index is 5.63. The first-order chi connectivity index (χ1) is 7.20. The molecule has 2 aromatic rings. The van der Waals surface area contributed by atoms with Crippen LogP contribution in [0, 0.1) is 0 Å². The quantitative estimate of drug-likeness (QED) is 0.407. The molecular formula is C8H11N7. The van der Waals surface area contributed by atoms with Gasteiger partial charge in [-0.05, 0) is 0 Å². The summed E-state index contributed by atoms with van der Waals surface area (Å²) in [5, 5.41) is 2.88. The maximum atomic E-state index is 5.63. The molecular weight excluding hydrogens is 194 g/mol. The minimum absolute atomic E-state index is 0.354. The topological polar surface area (TPSA) is 119 Å². The molecule has 0 saturated heterocycles. The van der Waals surface area contributed by atoms with Gasteiger partial charge < -0.3 is 21.8 Å². The molecule has 2 heterocycles. The van der Waals surface area contributed by atoms with Gasteiger partial charge in [0.15, 0.2) is 11.5 Å². The molecule has 0 aliphatic rings. The third kappa shape index (κ3) is 1.72. The van der Waals surface area contributed by atoms with Crippen LogP contribution in [-0.2, 0) is 0 Å². The van der Waals surface area contributed by atoms with Crippen LogP contribution in [0.25, 0.3) is 11.2 Å². The van der Waals surface area contributed by atoms with Crippen LogP contribution in [-0.4, -0.2) is 26.1 Å².